The van der Waals surface area contributed by atoms with Gasteiger partial charge in [0.25, 0.3) is 0 Å². The van der Waals surface area contributed by atoms with Crippen molar-refractivity contribution in [3.63, 3.8) is 0 Å². The third-order valence-corrected chi connectivity index (χ3v) is 18.4. The lowest BCUT2D eigenvalue weighted by molar-refractivity contribution is -0.161. The molecule has 0 heterocycles. The van der Waals surface area contributed by atoms with Crippen LogP contribution in [0, 0.1) is 17.8 Å². The highest BCUT2D eigenvalue weighted by molar-refractivity contribution is 7.47. The molecule has 0 amide bonds. The number of ether oxygens (including phenoxy) is 4. The minimum absolute atomic E-state index is 0.106. The summed E-state index contributed by atoms with van der Waals surface area (Å²) in [6.07, 6.45) is 44.3. The van der Waals surface area contributed by atoms with Crippen molar-refractivity contribution in [2.45, 2.75) is 369 Å². The van der Waals surface area contributed by atoms with Crippen molar-refractivity contribution in [1.82, 2.24) is 0 Å². The Morgan fingerprint density at radius 2 is 0.573 bits per heavy atom. The summed E-state index contributed by atoms with van der Waals surface area (Å²) < 4.78 is 68.3. The van der Waals surface area contributed by atoms with Crippen molar-refractivity contribution < 1.29 is 80.2 Å². The Kier molecular flexibility index (Phi) is 59.6. The van der Waals surface area contributed by atoms with Crippen molar-refractivity contribution in [3.05, 3.63) is 0 Å². The van der Waals surface area contributed by atoms with Crippen LogP contribution in [0.15, 0.2) is 0 Å². The van der Waals surface area contributed by atoms with E-state index in [1.165, 1.54) is 154 Å². The lowest BCUT2D eigenvalue weighted by Gasteiger charge is -2.21. The second-order valence-corrected chi connectivity index (χ2v) is 29.4. The van der Waals surface area contributed by atoms with Crippen molar-refractivity contribution in [2.75, 3.05) is 39.6 Å². The normalized spacial score (nSPS) is 14.5. The smallest absolute Gasteiger partial charge is 0.462 e. The number of esters is 4. The number of phosphoric acid groups is 2. The SMILES string of the molecule is CCCCCCCCCCCCCCC(=O)O[C@H](COC(=O)CCCCCCCCCC(C)C)COP(=O)(O)OC[C@H](O)COP(=O)(O)OC[C@@H](COC(=O)CCCCCCCCCCC(C)CC)OC(=O)CCCCCCCCCCCCCCC(C)C. The second kappa shape index (κ2) is 61.0. The van der Waals surface area contributed by atoms with Gasteiger partial charge >= 0.3 is 39.5 Å². The number of carbonyl (C=O) groups excluding carboxylic acids is 4. The molecular weight excluding hydrogens is 1170 g/mol. The zero-order valence-corrected chi connectivity index (χ0v) is 59.7. The van der Waals surface area contributed by atoms with Gasteiger partial charge in [0.1, 0.15) is 19.3 Å². The number of carbonyl (C=O) groups is 4. The molecule has 6 atom stereocenters. The average molecular weight is 1310 g/mol. The molecule has 0 aliphatic carbocycles. The lowest BCUT2D eigenvalue weighted by atomic mass is 9.99. The van der Waals surface area contributed by atoms with Gasteiger partial charge in [-0.05, 0) is 43.4 Å². The molecular formula is C70H136O17P2. The van der Waals surface area contributed by atoms with Crippen LogP contribution in [0.5, 0.6) is 0 Å². The number of aliphatic hydroxyl groups is 1. The van der Waals surface area contributed by atoms with E-state index in [0.717, 1.165) is 108 Å². The maximum absolute atomic E-state index is 13.0. The Morgan fingerprint density at radius 3 is 0.854 bits per heavy atom. The first-order valence-corrected chi connectivity index (χ1v) is 39.4. The van der Waals surface area contributed by atoms with Crippen LogP contribution in [0.1, 0.15) is 350 Å². The van der Waals surface area contributed by atoms with Crippen LogP contribution < -0.4 is 0 Å². The Hall–Kier alpha value is -1.94. The zero-order chi connectivity index (χ0) is 65.9. The fourth-order valence-electron chi connectivity index (χ4n) is 10.5. The van der Waals surface area contributed by atoms with E-state index in [1.807, 2.05) is 0 Å². The van der Waals surface area contributed by atoms with Gasteiger partial charge in [-0.25, -0.2) is 9.13 Å². The van der Waals surface area contributed by atoms with Gasteiger partial charge in [-0.3, -0.25) is 37.3 Å². The Bertz CT molecular complexity index is 1750. The standard InChI is InChI=1S/C70H136O17P2/c1-8-10-11-12-13-14-15-19-22-31-39-46-53-69(74)87-66(58-81-68(73)52-45-38-33-26-28-35-42-49-62(5)6)60-85-89(78,79)83-56-64(71)55-82-88(76,77)84-59-65(57-80-67(72)51-44-37-30-25-24-29-36-43-50-63(7)9-2)86-70(75)54-47-40-32-23-20-17-16-18-21-27-34-41-48-61(3)4/h61-66,71H,8-60H2,1-7H3,(H,76,77)(H,78,79)/t63?,64-,65-,66-/m1/s1. The van der Waals surface area contributed by atoms with Gasteiger partial charge in [0.05, 0.1) is 26.4 Å². The zero-order valence-electron chi connectivity index (χ0n) is 57.9. The monoisotopic (exact) mass is 1310 g/mol. The summed E-state index contributed by atoms with van der Waals surface area (Å²) in [6, 6.07) is 0. The molecule has 0 saturated heterocycles. The second-order valence-electron chi connectivity index (χ2n) is 26.5. The van der Waals surface area contributed by atoms with E-state index < -0.39 is 97.5 Å². The summed E-state index contributed by atoms with van der Waals surface area (Å²) in [5.74, 6) is 0.133. The third-order valence-electron chi connectivity index (χ3n) is 16.5. The number of aliphatic hydroxyl groups excluding tert-OH is 1. The van der Waals surface area contributed by atoms with E-state index in [0.29, 0.717) is 31.6 Å². The predicted octanol–water partition coefficient (Wildman–Crippen LogP) is 19.8. The number of phosphoric ester groups is 2. The third kappa shape index (κ3) is 63.2. The minimum Gasteiger partial charge on any atom is -0.462 e. The summed E-state index contributed by atoms with van der Waals surface area (Å²) >= 11 is 0. The average Bonchev–Trinajstić information content (AvgIpc) is 3.61. The lowest BCUT2D eigenvalue weighted by Crippen LogP contribution is -2.30. The fraction of sp³-hybridized carbons (Fsp3) is 0.943. The maximum atomic E-state index is 13.0. The molecule has 0 aromatic rings. The Morgan fingerprint density at radius 1 is 0.326 bits per heavy atom. The van der Waals surface area contributed by atoms with Gasteiger partial charge in [0.2, 0.25) is 0 Å². The summed E-state index contributed by atoms with van der Waals surface area (Å²) in [4.78, 5) is 72.5. The molecule has 0 spiro atoms. The summed E-state index contributed by atoms with van der Waals surface area (Å²) in [5.41, 5.74) is 0. The molecule has 19 heteroatoms. The Labute approximate surface area is 543 Å². The largest absolute Gasteiger partial charge is 0.472 e. The number of rotatable bonds is 68. The number of hydrogen-bond donors (Lipinski definition) is 3. The summed E-state index contributed by atoms with van der Waals surface area (Å²) in [6.45, 7) is 11.8. The summed E-state index contributed by atoms with van der Waals surface area (Å²) in [7, 11) is -9.90. The molecule has 0 aromatic heterocycles. The maximum Gasteiger partial charge on any atom is 0.472 e. The van der Waals surface area contributed by atoms with E-state index >= 15 is 0 Å². The van der Waals surface area contributed by atoms with Crippen LogP contribution >= 0.6 is 15.6 Å². The molecule has 89 heavy (non-hydrogen) atoms. The van der Waals surface area contributed by atoms with Gasteiger partial charge in [-0.15, -0.1) is 0 Å². The molecule has 0 rings (SSSR count). The molecule has 0 aromatic carbocycles. The molecule has 0 radical (unpaired) electrons. The van der Waals surface area contributed by atoms with Gasteiger partial charge in [0.15, 0.2) is 12.2 Å². The predicted molar refractivity (Wildman–Crippen MR) is 358 cm³/mol. The molecule has 0 fully saturated rings. The van der Waals surface area contributed by atoms with Crippen LogP contribution in [0.3, 0.4) is 0 Å². The van der Waals surface area contributed by atoms with Crippen LogP contribution in [0.2, 0.25) is 0 Å². The molecule has 0 aliphatic rings. The van der Waals surface area contributed by atoms with Gasteiger partial charge in [0, 0.05) is 25.7 Å². The van der Waals surface area contributed by atoms with Gasteiger partial charge < -0.3 is 33.8 Å². The number of hydrogen-bond acceptors (Lipinski definition) is 15. The van der Waals surface area contributed by atoms with Crippen LogP contribution in [0.25, 0.3) is 0 Å². The van der Waals surface area contributed by atoms with E-state index in [1.54, 1.807) is 0 Å². The van der Waals surface area contributed by atoms with Crippen molar-refractivity contribution in [1.29, 1.82) is 0 Å². The molecule has 0 bridgehead atoms. The van der Waals surface area contributed by atoms with Crippen LogP contribution in [0.4, 0.5) is 0 Å². The van der Waals surface area contributed by atoms with E-state index in [2.05, 4.69) is 48.5 Å². The molecule has 3 unspecified atom stereocenters. The molecule has 3 N–H and O–H groups in total. The molecule has 17 nitrogen and oxygen atoms in total. The van der Waals surface area contributed by atoms with Gasteiger partial charge in [-0.1, -0.05) is 299 Å². The van der Waals surface area contributed by atoms with E-state index in [9.17, 15) is 43.2 Å². The van der Waals surface area contributed by atoms with Crippen molar-refractivity contribution >= 4 is 39.5 Å². The highest BCUT2D eigenvalue weighted by atomic mass is 31.2. The highest BCUT2D eigenvalue weighted by Gasteiger charge is 2.30. The van der Waals surface area contributed by atoms with Crippen LogP contribution in [-0.4, -0.2) is 96.7 Å². The van der Waals surface area contributed by atoms with E-state index in [-0.39, 0.29) is 25.7 Å². The van der Waals surface area contributed by atoms with Crippen molar-refractivity contribution in [2.24, 2.45) is 17.8 Å². The molecule has 0 saturated carbocycles. The van der Waals surface area contributed by atoms with Crippen molar-refractivity contribution in [3.8, 4) is 0 Å². The highest BCUT2D eigenvalue weighted by Crippen LogP contribution is 2.45. The first-order valence-electron chi connectivity index (χ1n) is 36.4. The first-order chi connectivity index (χ1) is 42.8. The molecule has 0 aliphatic heterocycles. The minimum atomic E-state index is -4.95. The van der Waals surface area contributed by atoms with Crippen LogP contribution in [-0.2, 0) is 65.4 Å². The first kappa shape index (κ1) is 87.1. The van der Waals surface area contributed by atoms with E-state index in [4.69, 9.17) is 37.0 Å². The molecule has 528 valence electrons. The topological polar surface area (TPSA) is 237 Å². The Balaban J connectivity index is 5.26. The number of unbranched alkanes of at least 4 members (excludes halogenated alkanes) is 35. The summed E-state index contributed by atoms with van der Waals surface area (Å²) in [5, 5.41) is 10.6. The quantitative estimate of drug-likeness (QED) is 0.0222. The fourth-order valence-corrected chi connectivity index (χ4v) is 12.1. The van der Waals surface area contributed by atoms with Gasteiger partial charge in [-0.2, -0.15) is 0 Å².